The Hall–Kier alpha value is -2.30. The van der Waals surface area contributed by atoms with E-state index in [0.717, 1.165) is 5.69 Å². The highest BCUT2D eigenvalue weighted by molar-refractivity contribution is 5.86. The summed E-state index contributed by atoms with van der Waals surface area (Å²) in [6.45, 7) is 3.80. The summed E-state index contributed by atoms with van der Waals surface area (Å²) < 4.78 is 5.13. The van der Waals surface area contributed by atoms with Gasteiger partial charge in [-0.25, -0.2) is 19.7 Å². The van der Waals surface area contributed by atoms with E-state index in [1.165, 1.54) is 0 Å². The Kier molecular flexibility index (Phi) is 3.62. The van der Waals surface area contributed by atoms with Crippen LogP contribution in [0.25, 0.3) is 0 Å². The van der Waals surface area contributed by atoms with E-state index in [4.69, 9.17) is 4.74 Å². The van der Waals surface area contributed by atoms with Crippen molar-refractivity contribution in [2.45, 2.75) is 20.5 Å². The van der Waals surface area contributed by atoms with E-state index in [9.17, 15) is 4.79 Å². The molecule has 0 amide bonds. The third-order valence-corrected chi connectivity index (χ3v) is 2.24. The van der Waals surface area contributed by atoms with E-state index in [0.29, 0.717) is 17.2 Å². The average Bonchev–Trinajstić information content (AvgIpc) is 2.36. The standard InChI is InChI=1S/C13H13N3O2/c1-9-7-11(16-10(2)15-9)8-18-13(17)12-5-3-4-6-14-12/h3-7H,8H2,1-2H3. The van der Waals surface area contributed by atoms with Crippen molar-refractivity contribution < 1.29 is 9.53 Å². The number of esters is 1. The highest BCUT2D eigenvalue weighted by Gasteiger charge is 2.08. The maximum Gasteiger partial charge on any atom is 0.357 e. The van der Waals surface area contributed by atoms with Gasteiger partial charge < -0.3 is 4.74 Å². The molecule has 92 valence electrons. The number of hydrogen-bond donors (Lipinski definition) is 0. The Morgan fingerprint density at radius 2 is 2.11 bits per heavy atom. The van der Waals surface area contributed by atoms with E-state index < -0.39 is 5.97 Å². The van der Waals surface area contributed by atoms with Gasteiger partial charge in [-0.1, -0.05) is 6.07 Å². The van der Waals surface area contributed by atoms with Crippen LogP contribution in [0.3, 0.4) is 0 Å². The lowest BCUT2D eigenvalue weighted by Gasteiger charge is -2.05. The lowest BCUT2D eigenvalue weighted by atomic mass is 10.3. The first-order chi connectivity index (χ1) is 8.65. The molecule has 2 heterocycles. The van der Waals surface area contributed by atoms with Crippen molar-refractivity contribution in [2.24, 2.45) is 0 Å². The second kappa shape index (κ2) is 5.35. The summed E-state index contributed by atoms with van der Waals surface area (Å²) in [4.78, 5) is 23.9. The summed E-state index contributed by atoms with van der Waals surface area (Å²) in [6, 6.07) is 6.88. The predicted molar refractivity (Wildman–Crippen MR) is 64.9 cm³/mol. The average molecular weight is 243 g/mol. The van der Waals surface area contributed by atoms with E-state index in [-0.39, 0.29) is 6.61 Å². The maximum absolute atomic E-state index is 11.7. The third kappa shape index (κ3) is 3.10. The fourth-order valence-electron chi connectivity index (χ4n) is 1.56. The molecule has 0 bridgehead atoms. The van der Waals surface area contributed by atoms with Crippen molar-refractivity contribution in [3.05, 3.63) is 53.4 Å². The Morgan fingerprint density at radius 3 is 2.78 bits per heavy atom. The van der Waals surface area contributed by atoms with E-state index in [2.05, 4.69) is 15.0 Å². The van der Waals surface area contributed by atoms with Gasteiger partial charge in [-0.3, -0.25) is 0 Å². The molecule has 0 aliphatic heterocycles. The Labute approximate surface area is 105 Å². The molecule has 0 aliphatic rings. The largest absolute Gasteiger partial charge is 0.454 e. The summed E-state index contributed by atoms with van der Waals surface area (Å²) in [7, 11) is 0. The van der Waals surface area contributed by atoms with Gasteiger partial charge in [0, 0.05) is 11.9 Å². The normalized spacial score (nSPS) is 10.1. The van der Waals surface area contributed by atoms with Gasteiger partial charge in [-0.15, -0.1) is 0 Å². The number of aryl methyl sites for hydroxylation is 2. The summed E-state index contributed by atoms with van der Waals surface area (Å²) in [5.41, 5.74) is 1.83. The topological polar surface area (TPSA) is 65.0 Å². The van der Waals surface area contributed by atoms with Gasteiger partial charge in [-0.05, 0) is 32.0 Å². The first-order valence-corrected chi connectivity index (χ1v) is 5.54. The Morgan fingerprint density at radius 1 is 1.28 bits per heavy atom. The van der Waals surface area contributed by atoms with E-state index in [1.54, 1.807) is 37.4 Å². The molecule has 2 aromatic rings. The van der Waals surface area contributed by atoms with Crippen LogP contribution in [0.2, 0.25) is 0 Å². The smallest absolute Gasteiger partial charge is 0.357 e. The number of carbonyl (C=O) groups is 1. The predicted octanol–water partition coefficient (Wildman–Crippen LogP) is 1.85. The van der Waals surface area contributed by atoms with Crippen LogP contribution in [-0.2, 0) is 11.3 Å². The third-order valence-electron chi connectivity index (χ3n) is 2.24. The van der Waals surface area contributed by atoms with Crippen molar-refractivity contribution in [3.8, 4) is 0 Å². The molecule has 0 aliphatic carbocycles. The number of nitrogens with zero attached hydrogens (tertiary/aromatic N) is 3. The zero-order valence-corrected chi connectivity index (χ0v) is 10.3. The molecule has 2 rings (SSSR count). The molecular formula is C13H13N3O2. The minimum atomic E-state index is -0.454. The van der Waals surface area contributed by atoms with Gasteiger partial charge in [-0.2, -0.15) is 0 Å². The first kappa shape index (κ1) is 12.2. The Bertz CT molecular complexity index is 535. The lowest BCUT2D eigenvalue weighted by molar-refractivity contribution is 0.0460. The van der Waals surface area contributed by atoms with Crippen molar-refractivity contribution in [1.82, 2.24) is 15.0 Å². The molecule has 0 unspecified atom stereocenters. The number of rotatable bonds is 3. The lowest BCUT2D eigenvalue weighted by Crippen LogP contribution is -2.08. The van der Waals surface area contributed by atoms with Gasteiger partial charge >= 0.3 is 5.97 Å². The summed E-state index contributed by atoms with van der Waals surface area (Å²) in [5, 5.41) is 0. The SMILES string of the molecule is Cc1cc(COC(=O)c2ccccn2)nc(C)n1. The molecule has 0 N–H and O–H groups in total. The van der Waals surface area contributed by atoms with Crippen LogP contribution in [0, 0.1) is 13.8 Å². The summed E-state index contributed by atoms with van der Waals surface area (Å²) in [6.07, 6.45) is 1.55. The highest BCUT2D eigenvalue weighted by atomic mass is 16.5. The number of aromatic nitrogens is 3. The van der Waals surface area contributed by atoms with Crippen LogP contribution >= 0.6 is 0 Å². The minimum Gasteiger partial charge on any atom is -0.454 e. The van der Waals surface area contributed by atoms with Crippen LogP contribution < -0.4 is 0 Å². The number of hydrogen-bond acceptors (Lipinski definition) is 5. The molecule has 0 radical (unpaired) electrons. The molecular weight excluding hydrogens is 230 g/mol. The van der Waals surface area contributed by atoms with Gasteiger partial charge in [0.15, 0.2) is 0 Å². The Balaban J connectivity index is 2.02. The quantitative estimate of drug-likeness (QED) is 0.770. The van der Waals surface area contributed by atoms with Crippen LogP contribution in [0.1, 0.15) is 27.7 Å². The van der Waals surface area contributed by atoms with Crippen LogP contribution in [0.5, 0.6) is 0 Å². The van der Waals surface area contributed by atoms with Gasteiger partial charge in [0.25, 0.3) is 0 Å². The number of pyridine rings is 1. The van der Waals surface area contributed by atoms with Crippen molar-refractivity contribution >= 4 is 5.97 Å². The maximum atomic E-state index is 11.7. The summed E-state index contributed by atoms with van der Waals surface area (Å²) >= 11 is 0. The van der Waals surface area contributed by atoms with Crippen molar-refractivity contribution in [1.29, 1.82) is 0 Å². The molecule has 0 fully saturated rings. The second-order valence-corrected chi connectivity index (χ2v) is 3.84. The van der Waals surface area contributed by atoms with Gasteiger partial charge in [0.2, 0.25) is 0 Å². The van der Waals surface area contributed by atoms with E-state index >= 15 is 0 Å². The molecule has 0 saturated heterocycles. The number of ether oxygens (including phenoxy) is 1. The fraction of sp³-hybridized carbons (Fsp3) is 0.231. The monoisotopic (exact) mass is 243 g/mol. The zero-order chi connectivity index (χ0) is 13.0. The highest BCUT2D eigenvalue weighted by Crippen LogP contribution is 2.04. The van der Waals surface area contributed by atoms with Crippen LogP contribution in [0.4, 0.5) is 0 Å². The number of carbonyl (C=O) groups excluding carboxylic acids is 1. The van der Waals surface area contributed by atoms with Gasteiger partial charge in [0.1, 0.15) is 18.1 Å². The molecule has 2 aromatic heterocycles. The molecule has 18 heavy (non-hydrogen) atoms. The van der Waals surface area contributed by atoms with Crippen LogP contribution in [0.15, 0.2) is 30.5 Å². The van der Waals surface area contributed by atoms with Crippen molar-refractivity contribution in [2.75, 3.05) is 0 Å². The second-order valence-electron chi connectivity index (χ2n) is 3.84. The molecule has 0 atom stereocenters. The first-order valence-electron chi connectivity index (χ1n) is 5.54. The fourth-order valence-corrected chi connectivity index (χ4v) is 1.56. The van der Waals surface area contributed by atoms with E-state index in [1.807, 2.05) is 6.92 Å². The van der Waals surface area contributed by atoms with Crippen LogP contribution in [-0.4, -0.2) is 20.9 Å². The zero-order valence-electron chi connectivity index (χ0n) is 10.3. The summed E-state index contributed by atoms with van der Waals surface area (Å²) in [5.74, 6) is 0.211. The molecule has 5 nitrogen and oxygen atoms in total. The van der Waals surface area contributed by atoms with Gasteiger partial charge in [0.05, 0.1) is 5.69 Å². The molecule has 0 aromatic carbocycles. The minimum absolute atomic E-state index is 0.125. The molecule has 0 spiro atoms. The molecule has 5 heteroatoms. The molecule has 0 saturated carbocycles. The van der Waals surface area contributed by atoms with Crippen molar-refractivity contribution in [3.63, 3.8) is 0 Å².